The molecule has 0 saturated carbocycles. The van der Waals surface area contributed by atoms with Crippen molar-refractivity contribution in [3.8, 4) is 0 Å². The van der Waals surface area contributed by atoms with Gasteiger partial charge in [0, 0.05) is 0 Å². The van der Waals surface area contributed by atoms with E-state index in [1.807, 2.05) is 13.8 Å². The van der Waals surface area contributed by atoms with Crippen LogP contribution >= 0.6 is 43.0 Å². The molecule has 0 spiro atoms. The molecule has 1 atom stereocenters. The van der Waals surface area contributed by atoms with Crippen molar-refractivity contribution >= 4 is 48.9 Å². The number of ether oxygens (including phenoxy) is 2. The molecule has 7 heteroatoms. The Labute approximate surface area is 104 Å². The van der Waals surface area contributed by atoms with Gasteiger partial charge in [-0.25, -0.2) is 0 Å². The van der Waals surface area contributed by atoms with Gasteiger partial charge >= 0.3 is 105 Å². The van der Waals surface area contributed by atoms with Crippen LogP contribution in [0.5, 0.6) is 0 Å². The van der Waals surface area contributed by atoms with Crippen molar-refractivity contribution < 1.29 is 14.3 Å². The molecule has 82 valence electrons. The Balaban J connectivity index is 1.84. The standard InChI is InChI=1S/C7H12I2N2O3/c1-3-13-4-14-5(12)6(2,8)7-9(10-7)11-7/h10-11H,3-4H2,1-2H3. The van der Waals surface area contributed by atoms with Crippen LogP contribution in [0.15, 0.2) is 0 Å². The number of hydrogen-bond donors (Lipinski definition) is 2. The Kier molecular flexibility index (Phi) is 2.97. The zero-order valence-corrected chi connectivity index (χ0v) is 12.2. The van der Waals surface area contributed by atoms with Crippen molar-refractivity contribution in [3.63, 3.8) is 0 Å². The molecule has 14 heavy (non-hydrogen) atoms. The van der Waals surface area contributed by atoms with Crippen molar-refractivity contribution in [2.75, 3.05) is 13.4 Å². The van der Waals surface area contributed by atoms with Gasteiger partial charge in [0.2, 0.25) is 0 Å². The van der Waals surface area contributed by atoms with E-state index in [4.69, 9.17) is 9.47 Å². The SMILES string of the molecule is CCOCOC(=O)C(C)(I)C12NI1N2. The molecule has 0 aromatic carbocycles. The van der Waals surface area contributed by atoms with Crippen LogP contribution in [-0.4, -0.2) is 26.5 Å². The van der Waals surface area contributed by atoms with E-state index in [0.29, 0.717) is 6.61 Å². The van der Waals surface area contributed by atoms with Gasteiger partial charge in [0.15, 0.2) is 0 Å². The topological polar surface area (TPSA) is 79.4 Å². The molecule has 2 saturated heterocycles. The van der Waals surface area contributed by atoms with Crippen molar-refractivity contribution in [1.82, 2.24) is 7.06 Å². The van der Waals surface area contributed by atoms with Gasteiger partial charge in [-0.1, -0.05) is 0 Å². The summed E-state index contributed by atoms with van der Waals surface area (Å²) in [6.07, 6.45) is 0. The molecule has 2 N–H and O–H groups in total. The fourth-order valence-corrected chi connectivity index (χ4v) is 8.82. The number of carbonyl (C=O) groups is 1. The van der Waals surface area contributed by atoms with Crippen LogP contribution in [0.25, 0.3) is 0 Å². The summed E-state index contributed by atoms with van der Waals surface area (Å²) in [5.41, 5.74) is 0. The first kappa shape index (κ1) is 11.3. The van der Waals surface area contributed by atoms with Crippen LogP contribution < -0.4 is 7.06 Å². The summed E-state index contributed by atoms with van der Waals surface area (Å²) >= 11 is 1.06. The monoisotopic (exact) mass is 426 g/mol. The average Bonchev–Trinajstić information content (AvgIpc) is 2.90. The van der Waals surface area contributed by atoms with E-state index in [9.17, 15) is 4.79 Å². The van der Waals surface area contributed by atoms with Crippen LogP contribution in [0, 0.1) is 0 Å². The summed E-state index contributed by atoms with van der Waals surface area (Å²) in [6, 6.07) is 0. The van der Waals surface area contributed by atoms with Crippen molar-refractivity contribution in [1.29, 1.82) is 0 Å². The van der Waals surface area contributed by atoms with Gasteiger partial charge in [-0.05, 0) is 0 Å². The number of fused-ring (bicyclic) bond motifs is 1. The zero-order chi connectivity index (χ0) is 10.4. The molecule has 1 unspecified atom stereocenters. The van der Waals surface area contributed by atoms with E-state index in [2.05, 4.69) is 29.7 Å². The van der Waals surface area contributed by atoms with E-state index in [1.54, 1.807) is 0 Å². The predicted octanol–water partition coefficient (Wildman–Crippen LogP) is 0.914. The van der Waals surface area contributed by atoms with Gasteiger partial charge in [-0.3, -0.25) is 0 Å². The number of rotatable bonds is 5. The van der Waals surface area contributed by atoms with E-state index < -0.39 is 23.8 Å². The Bertz CT molecular complexity index is 266. The van der Waals surface area contributed by atoms with E-state index >= 15 is 0 Å². The maximum atomic E-state index is 11.7. The Morgan fingerprint density at radius 3 is 2.64 bits per heavy atom. The second-order valence-electron chi connectivity index (χ2n) is 3.18. The summed E-state index contributed by atoms with van der Waals surface area (Å²) in [6.45, 7) is 4.38. The molecule has 5 nitrogen and oxygen atoms in total. The molecular weight excluding hydrogens is 414 g/mol. The van der Waals surface area contributed by atoms with E-state index in [0.717, 1.165) is 0 Å². The number of hydrogen-bond acceptors (Lipinski definition) is 5. The summed E-state index contributed by atoms with van der Waals surface area (Å²) in [4.78, 5) is 11.7. The van der Waals surface area contributed by atoms with Gasteiger partial charge in [-0.15, -0.1) is 0 Å². The normalized spacial score (nSPS) is 27.5. The van der Waals surface area contributed by atoms with Gasteiger partial charge in [0.25, 0.3) is 0 Å². The summed E-state index contributed by atoms with van der Waals surface area (Å²) in [7, 11) is 0. The van der Waals surface area contributed by atoms with Crippen LogP contribution in [0.2, 0.25) is 0 Å². The minimum atomic E-state index is -1.09. The Morgan fingerprint density at radius 2 is 2.21 bits per heavy atom. The third-order valence-electron chi connectivity index (χ3n) is 2.17. The number of nitrogens with one attached hydrogen (secondary N) is 2. The summed E-state index contributed by atoms with van der Waals surface area (Å²) < 4.78 is 16.1. The first-order chi connectivity index (χ1) is 6.54. The second kappa shape index (κ2) is 3.68. The van der Waals surface area contributed by atoms with Gasteiger partial charge in [0.05, 0.1) is 0 Å². The van der Waals surface area contributed by atoms with Crippen LogP contribution in [-0.2, 0) is 14.3 Å². The number of alkyl halides is 2. The first-order valence-corrected chi connectivity index (χ1v) is 8.55. The predicted molar refractivity (Wildman–Crippen MR) is 68.0 cm³/mol. The molecule has 0 aromatic heterocycles. The minimum absolute atomic E-state index is 0.0538. The van der Waals surface area contributed by atoms with Gasteiger partial charge in [-0.2, -0.15) is 0 Å². The van der Waals surface area contributed by atoms with E-state index in [-0.39, 0.29) is 16.4 Å². The number of esters is 1. The molecule has 0 aromatic rings. The molecule has 2 rings (SSSR count). The molecule has 2 heterocycles. The molecule has 2 fully saturated rings. The van der Waals surface area contributed by atoms with Crippen molar-refractivity contribution in [2.24, 2.45) is 0 Å². The Morgan fingerprint density at radius 1 is 1.64 bits per heavy atom. The average molecular weight is 426 g/mol. The quantitative estimate of drug-likeness (QED) is 0.1000. The molecule has 0 bridgehead atoms. The van der Waals surface area contributed by atoms with Gasteiger partial charge < -0.3 is 0 Å². The third-order valence-corrected chi connectivity index (χ3v) is 9.31. The zero-order valence-electron chi connectivity index (χ0n) is 7.89. The van der Waals surface area contributed by atoms with Crippen LogP contribution in [0.4, 0.5) is 0 Å². The molecule has 0 aliphatic carbocycles. The molecular formula is C7H12I2N2O3. The van der Waals surface area contributed by atoms with Crippen molar-refractivity contribution in [3.05, 3.63) is 0 Å². The molecule has 2 aliphatic rings. The molecule has 0 radical (unpaired) electrons. The van der Waals surface area contributed by atoms with E-state index in [1.165, 1.54) is 0 Å². The second-order valence-corrected chi connectivity index (χ2v) is 9.65. The van der Waals surface area contributed by atoms with Gasteiger partial charge in [0.1, 0.15) is 0 Å². The number of halogens is 2. The molecule has 2 aliphatic heterocycles. The maximum absolute atomic E-state index is 11.7. The fraction of sp³-hybridized carbons (Fsp3) is 0.857. The first-order valence-electron chi connectivity index (χ1n) is 4.24. The third kappa shape index (κ3) is 1.66. The molecule has 0 amide bonds. The summed E-state index contributed by atoms with van der Waals surface area (Å²) in [5, 5.41) is 0. The van der Waals surface area contributed by atoms with Crippen LogP contribution in [0.1, 0.15) is 13.8 Å². The Hall–Kier alpha value is 0.810. The summed E-state index contributed by atoms with van der Waals surface area (Å²) in [5.74, 6) is -0.205. The number of carbonyl (C=O) groups excluding carboxylic acids is 1. The fourth-order valence-electron chi connectivity index (χ4n) is 1.03. The van der Waals surface area contributed by atoms with Crippen LogP contribution in [0.3, 0.4) is 0 Å². The van der Waals surface area contributed by atoms with Crippen molar-refractivity contribution in [2.45, 2.75) is 20.9 Å².